The number of rotatable bonds is 4. The summed E-state index contributed by atoms with van der Waals surface area (Å²) < 4.78 is 0. The highest BCUT2D eigenvalue weighted by Crippen LogP contribution is 2.07. The van der Waals surface area contributed by atoms with Crippen LogP contribution in [0.5, 0.6) is 0 Å². The van der Waals surface area contributed by atoms with Crippen LogP contribution in [0.1, 0.15) is 25.0 Å². The van der Waals surface area contributed by atoms with Crippen molar-refractivity contribution < 1.29 is 4.79 Å². The van der Waals surface area contributed by atoms with Gasteiger partial charge in [0.2, 0.25) is 5.91 Å². The van der Waals surface area contributed by atoms with Crippen LogP contribution in [0.3, 0.4) is 0 Å². The van der Waals surface area contributed by atoms with E-state index in [1.54, 1.807) is 13.8 Å². The molecule has 0 atom stereocenters. The molecule has 3 heteroatoms. The molecule has 0 aliphatic rings. The summed E-state index contributed by atoms with van der Waals surface area (Å²) in [6.07, 6.45) is 0. The number of nitrogens with two attached hydrogens (primary N) is 1. The monoisotopic (exact) mass is 206 g/mol. The molecule has 0 saturated carbocycles. The van der Waals surface area contributed by atoms with Crippen molar-refractivity contribution in [1.29, 1.82) is 0 Å². The molecule has 0 bridgehead atoms. The normalized spacial score (nSPS) is 11.4. The molecule has 0 aliphatic carbocycles. The van der Waals surface area contributed by atoms with E-state index in [1.165, 1.54) is 5.56 Å². The van der Waals surface area contributed by atoms with E-state index in [0.717, 1.165) is 5.56 Å². The van der Waals surface area contributed by atoms with Crippen molar-refractivity contribution in [2.45, 2.75) is 32.9 Å². The van der Waals surface area contributed by atoms with Crippen molar-refractivity contribution in [3.63, 3.8) is 0 Å². The van der Waals surface area contributed by atoms with Gasteiger partial charge in [-0.3, -0.25) is 10.1 Å². The van der Waals surface area contributed by atoms with E-state index in [4.69, 9.17) is 5.73 Å². The third-order valence-corrected chi connectivity index (χ3v) is 2.43. The maximum atomic E-state index is 11.1. The van der Waals surface area contributed by atoms with Gasteiger partial charge in [-0.05, 0) is 26.3 Å². The van der Waals surface area contributed by atoms with Crippen molar-refractivity contribution in [2.24, 2.45) is 5.73 Å². The van der Waals surface area contributed by atoms with Crippen LogP contribution in [0.25, 0.3) is 0 Å². The Bertz CT molecular complexity index is 358. The molecule has 3 N–H and O–H groups in total. The van der Waals surface area contributed by atoms with E-state index >= 15 is 0 Å². The molecule has 82 valence electrons. The Morgan fingerprint density at radius 1 is 1.47 bits per heavy atom. The van der Waals surface area contributed by atoms with Gasteiger partial charge in [0.25, 0.3) is 0 Å². The van der Waals surface area contributed by atoms with Crippen LogP contribution in [0.15, 0.2) is 24.3 Å². The Hall–Kier alpha value is -1.35. The lowest BCUT2D eigenvalue weighted by molar-refractivity contribution is -0.123. The molecule has 0 heterocycles. The summed E-state index contributed by atoms with van der Waals surface area (Å²) in [5.41, 5.74) is 6.97. The SMILES string of the molecule is Cc1cccc(CNC(C)(C)C(N)=O)c1. The number of primary amides is 1. The Morgan fingerprint density at radius 3 is 2.67 bits per heavy atom. The molecule has 0 saturated heterocycles. The second-order valence-corrected chi connectivity index (χ2v) is 4.33. The predicted molar refractivity (Wildman–Crippen MR) is 61.3 cm³/mol. The van der Waals surface area contributed by atoms with Gasteiger partial charge in [-0.1, -0.05) is 29.8 Å². The zero-order chi connectivity index (χ0) is 11.5. The minimum Gasteiger partial charge on any atom is -0.368 e. The largest absolute Gasteiger partial charge is 0.368 e. The molecule has 15 heavy (non-hydrogen) atoms. The van der Waals surface area contributed by atoms with Crippen LogP contribution in [0.2, 0.25) is 0 Å². The summed E-state index contributed by atoms with van der Waals surface area (Å²) in [6.45, 7) is 6.26. The first kappa shape index (κ1) is 11.7. The Labute approximate surface area is 90.7 Å². The third-order valence-electron chi connectivity index (χ3n) is 2.43. The molecule has 1 rings (SSSR count). The zero-order valence-electron chi connectivity index (χ0n) is 9.50. The zero-order valence-corrected chi connectivity index (χ0v) is 9.50. The highest BCUT2D eigenvalue weighted by molar-refractivity contribution is 5.83. The third kappa shape index (κ3) is 3.36. The van der Waals surface area contributed by atoms with Crippen LogP contribution in [-0.2, 0) is 11.3 Å². The van der Waals surface area contributed by atoms with Crippen LogP contribution < -0.4 is 11.1 Å². The highest BCUT2D eigenvalue weighted by atomic mass is 16.1. The maximum absolute atomic E-state index is 11.1. The quantitative estimate of drug-likeness (QED) is 0.781. The second-order valence-electron chi connectivity index (χ2n) is 4.33. The van der Waals surface area contributed by atoms with E-state index in [-0.39, 0.29) is 5.91 Å². The number of amides is 1. The number of carbonyl (C=O) groups excluding carboxylic acids is 1. The summed E-state index contributed by atoms with van der Waals surface area (Å²) in [6, 6.07) is 8.16. The van der Waals surface area contributed by atoms with Gasteiger partial charge >= 0.3 is 0 Å². The molecule has 0 aromatic heterocycles. The van der Waals surface area contributed by atoms with Crippen molar-refractivity contribution >= 4 is 5.91 Å². The van der Waals surface area contributed by atoms with Gasteiger partial charge in [0.15, 0.2) is 0 Å². The summed E-state index contributed by atoms with van der Waals surface area (Å²) in [4.78, 5) is 11.1. The molecular formula is C12H18N2O. The lowest BCUT2D eigenvalue weighted by Crippen LogP contribution is -2.50. The van der Waals surface area contributed by atoms with Crippen LogP contribution in [0.4, 0.5) is 0 Å². The fourth-order valence-corrected chi connectivity index (χ4v) is 1.23. The van der Waals surface area contributed by atoms with Crippen LogP contribution in [-0.4, -0.2) is 11.4 Å². The van der Waals surface area contributed by atoms with Crippen LogP contribution >= 0.6 is 0 Å². The van der Waals surface area contributed by atoms with E-state index in [1.807, 2.05) is 25.1 Å². The molecule has 0 spiro atoms. The van der Waals surface area contributed by atoms with E-state index in [9.17, 15) is 4.79 Å². The van der Waals surface area contributed by atoms with E-state index in [0.29, 0.717) is 6.54 Å². The highest BCUT2D eigenvalue weighted by Gasteiger charge is 2.23. The van der Waals surface area contributed by atoms with Gasteiger partial charge in [0.1, 0.15) is 0 Å². The summed E-state index contributed by atoms with van der Waals surface area (Å²) in [5, 5.41) is 3.13. The van der Waals surface area contributed by atoms with Crippen LogP contribution in [0, 0.1) is 6.92 Å². The van der Waals surface area contributed by atoms with Crippen molar-refractivity contribution in [2.75, 3.05) is 0 Å². The summed E-state index contributed by atoms with van der Waals surface area (Å²) in [7, 11) is 0. The molecule has 1 amide bonds. The standard InChI is InChI=1S/C12H18N2O/c1-9-5-4-6-10(7-9)8-14-12(2,3)11(13)15/h4-7,14H,8H2,1-3H3,(H2,13,15). The van der Waals surface area contributed by atoms with Gasteiger partial charge in [-0.15, -0.1) is 0 Å². The lowest BCUT2D eigenvalue weighted by Gasteiger charge is -2.22. The number of carbonyl (C=O) groups is 1. The molecule has 0 radical (unpaired) electrons. The number of nitrogens with one attached hydrogen (secondary N) is 1. The average molecular weight is 206 g/mol. The van der Waals surface area contributed by atoms with Crippen molar-refractivity contribution in [3.05, 3.63) is 35.4 Å². The molecule has 0 fully saturated rings. The molecular weight excluding hydrogens is 188 g/mol. The minimum absolute atomic E-state index is 0.338. The van der Waals surface area contributed by atoms with Crippen molar-refractivity contribution in [1.82, 2.24) is 5.32 Å². The Balaban J connectivity index is 2.61. The maximum Gasteiger partial charge on any atom is 0.237 e. The first-order chi connectivity index (χ1) is 6.92. The summed E-state index contributed by atoms with van der Waals surface area (Å²) >= 11 is 0. The van der Waals surface area contributed by atoms with Gasteiger partial charge in [-0.2, -0.15) is 0 Å². The number of hydrogen-bond donors (Lipinski definition) is 2. The minimum atomic E-state index is -0.663. The molecule has 1 aromatic rings. The Morgan fingerprint density at radius 2 is 2.13 bits per heavy atom. The Kier molecular flexibility index (Phi) is 3.48. The van der Waals surface area contributed by atoms with Gasteiger partial charge in [0, 0.05) is 6.54 Å². The first-order valence-corrected chi connectivity index (χ1v) is 5.02. The number of aryl methyl sites for hydroxylation is 1. The van der Waals surface area contributed by atoms with E-state index in [2.05, 4.69) is 11.4 Å². The van der Waals surface area contributed by atoms with Crippen molar-refractivity contribution in [3.8, 4) is 0 Å². The predicted octanol–water partition coefficient (Wildman–Crippen LogP) is 1.35. The second kappa shape index (κ2) is 4.45. The summed E-state index contributed by atoms with van der Waals surface area (Å²) in [5.74, 6) is -0.338. The molecule has 1 aromatic carbocycles. The molecule has 3 nitrogen and oxygen atoms in total. The van der Waals surface area contributed by atoms with Gasteiger partial charge in [0.05, 0.1) is 5.54 Å². The smallest absolute Gasteiger partial charge is 0.237 e. The van der Waals surface area contributed by atoms with Gasteiger partial charge < -0.3 is 5.73 Å². The van der Waals surface area contributed by atoms with Gasteiger partial charge in [-0.25, -0.2) is 0 Å². The first-order valence-electron chi connectivity index (χ1n) is 5.02. The average Bonchev–Trinajstić information content (AvgIpc) is 2.15. The molecule has 0 aliphatic heterocycles. The fourth-order valence-electron chi connectivity index (χ4n) is 1.23. The number of benzene rings is 1. The fraction of sp³-hybridized carbons (Fsp3) is 0.417. The van der Waals surface area contributed by atoms with E-state index < -0.39 is 5.54 Å². The lowest BCUT2D eigenvalue weighted by atomic mass is 10.0. The number of hydrogen-bond acceptors (Lipinski definition) is 2. The topological polar surface area (TPSA) is 55.1 Å². The molecule has 0 unspecified atom stereocenters.